The SMILES string of the molecule is CSc1ccccc1NC(=O)CN(C)C(=O)C(C)Oc1ccc(Cl)cc1C. The lowest BCUT2D eigenvalue weighted by atomic mass is 10.2. The molecule has 2 amide bonds. The summed E-state index contributed by atoms with van der Waals surface area (Å²) in [5.41, 5.74) is 1.58. The van der Waals surface area contributed by atoms with Crippen molar-refractivity contribution in [3.8, 4) is 5.75 Å². The van der Waals surface area contributed by atoms with E-state index in [1.807, 2.05) is 37.4 Å². The second-order valence-electron chi connectivity index (χ2n) is 6.11. The van der Waals surface area contributed by atoms with Crippen LogP contribution in [0.5, 0.6) is 5.75 Å². The minimum absolute atomic E-state index is 0.0607. The number of benzene rings is 2. The first-order valence-electron chi connectivity index (χ1n) is 8.42. The third-order valence-corrected chi connectivity index (χ3v) is 4.96. The molecule has 7 heteroatoms. The highest BCUT2D eigenvalue weighted by Crippen LogP contribution is 2.25. The van der Waals surface area contributed by atoms with E-state index in [0.717, 1.165) is 16.1 Å². The summed E-state index contributed by atoms with van der Waals surface area (Å²) in [5.74, 6) is 0.0480. The molecule has 2 aromatic rings. The number of hydrogen-bond acceptors (Lipinski definition) is 4. The molecular formula is C20H23ClN2O3S. The molecule has 0 aromatic heterocycles. The zero-order valence-corrected chi connectivity index (χ0v) is 17.4. The van der Waals surface area contributed by atoms with Gasteiger partial charge < -0.3 is 15.0 Å². The Morgan fingerprint density at radius 3 is 2.63 bits per heavy atom. The van der Waals surface area contributed by atoms with Crippen molar-refractivity contribution >= 4 is 40.9 Å². The molecule has 0 heterocycles. The molecule has 0 saturated heterocycles. The van der Waals surface area contributed by atoms with E-state index in [1.54, 1.807) is 43.9 Å². The molecule has 2 aromatic carbocycles. The van der Waals surface area contributed by atoms with Gasteiger partial charge in [0.15, 0.2) is 6.10 Å². The number of anilines is 1. The molecule has 1 N–H and O–H groups in total. The van der Waals surface area contributed by atoms with Crippen LogP contribution < -0.4 is 10.1 Å². The highest BCUT2D eigenvalue weighted by Gasteiger charge is 2.22. The first-order chi connectivity index (χ1) is 12.8. The van der Waals surface area contributed by atoms with Crippen LogP contribution in [0.2, 0.25) is 5.02 Å². The highest BCUT2D eigenvalue weighted by molar-refractivity contribution is 7.98. The summed E-state index contributed by atoms with van der Waals surface area (Å²) in [7, 11) is 1.58. The lowest BCUT2D eigenvalue weighted by Gasteiger charge is -2.22. The average molecular weight is 407 g/mol. The number of likely N-dealkylation sites (N-methyl/N-ethyl adjacent to an activating group) is 1. The molecule has 0 aliphatic rings. The van der Waals surface area contributed by atoms with Crippen molar-refractivity contribution in [2.45, 2.75) is 24.8 Å². The molecule has 0 saturated carbocycles. The van der Waals surface area contributed by atoms with Crippen LogP contribution in [-0.4, -0.2) is 42.7 Å². The van der Waals surface area contributed by atoms with Gasteiger partial charge in [0, 0.05) is 17.0 Å². The van der Waals surface area contributed by atoms with Crippen LogP contribution in [0.4, 0.5) is 5.69 Å². The number of hydrogen-bond donors (Lipinski definition) is 1. The molecule has 0 aliphatic heterocycles. The zero-order valence-electron chi connectivity index (χ0n) is 15.8. The second kappa shape index (κ2) is 9.67. The van der Waals surface area contributed by atoms with E-state index < -0.39 is 6.10 Å². The number of rotatable bonds is 7. The van der Waals surface area contributed by atoms with Gasteiger partial charge in [-0.25, -0.2) is 0 Å². The van der Waals surface area contributed by atoms with Gasteiger partial charge in [-0.3, -0.25) is 9.59 Å². The normalized spacial score (nSPS) is 11.6. The molecule has 5 nitrogen and oxygen atoms in total. The first-order valence-corrected chi connectivity index (χ1v) is 10.0. The molecule has 0 bridgehead atoms. The van der Waals surface area contributed by atoms with Gasteiger partial charge in [-0.15, -0.1) is 11.8 Å². The molecular weight excluding hydrogens is 384 g/mol. The van der Waals surface area contributed by atoms with E-state index in [2.05, 4.69) is 5.32 Å². The Hall–Kier alpha value is -2.18. The van der Waals surface area contributed by atoms with Gasteiger partial charge in [-0.05, 0) is 56.0 Å². The number of para-hydroxylation sites is 1. The summed E-state index contributed by atoms with van der Waals surface area (Å²) in [6.45, 7) is 3.46. The van der Waals surface area contributed by atoms with Crippen LogP contribution in [0.3, 0.4) is 0 Å². The van der Waals surface area contributed by atoms with Gasteiger partial charge in [0.05, 0.1) is 12.2 Å². The molecule has 1 unspecified atom stereocenters. The molecule has 0 aliphatic carbocycles. The van der Waals surface area contributed by atoms with E-state index in [-0.39, 0.29) is 18.4 Å². The van der Waals surface area contributed by atoms with Crippen molar-refractivity contribution in [1.29, 1.82) is 0 Å². The van der Waals surface area contributed by atoms with E-state index in [9.17, 15) is 9.59 Å². The topological polar surface area (TPSA) is 58.6 Å². The number of carbonyl (C=O) groups is 2. The van der Waals surface area contributed by atoms with Gasteiger partial charge in [-0.2, -0.15) is 0 Å². The third kappa shape index (κ3) is 5.91. The smallest absolute Gasteiger partial charge is 0.263 e. The Bertz CT molecular complexity index is 829. The Balaban J connectivity index is 1.94. The third-order valence-electron chi connectivity index (χ3n) is 3.93. The van der Waals surface area contributed by atoms with Crippen LogP contribution >= 0.6 is 23.4 Å². The first kappa shape index (κ1) is 21.1. The summed E-state index contributed by atoms with van der Waals surface area (Å²) in [4.78, 5) is 27.1. The summed E-state index contributed by atoms with van der Waals surface area (Å²) in [6, 6.07) is 12.7. The summed E-state index contributed by atoms with van der Waals surface area (Å²) >= 11 is 7.48. The lowest BCUT2D eigenvalue weighted by molar-refractivity contribution is -0.139. The summed E-state index contributed by atoms with van der Waals surface area (Å²) < 4.78 is 5.73. The zero-order chi connectivity index (χ0) is 20.0. The number of halogens is 1. The van der Waals surface area contributed by atoms with Crippen LogP contribution in [0.25, 0.3) is 0 Å². The minimum Gasteiger partial charge on any atom is -0.481 e. The number of amides is 2. The van der Waals surface area contributed by atoms with Crippen molar-refractivity contribution in [3.05, 3.63) is 53.1 Å². The van der Waals surface area contributed by atoms with Crippen LogP contribution in [0.1, 0.15) is 12.5 Å². The maximum absolute atomic E-state index is 12.5. The fourth-order valence-electron chi connectivity index (χ4n) is 2.53. The van der Waals surface area contributed by atoms with Gasteiger partial charge in [0.2, 0.25) is 5.91 Å². The van der Waals surface area contributed by atoms with Crippen LogP contribution in [-0.2, 0) is 9.59 Å². The predicted octanol–water partition coefficient (Wildman–Crippen LogP) is 4.23. The van der Waals surface area contributed by atoms with Crippen molar-refractivity contribution in [1.82, 2.24) is 4.90 Å². The molecule has 0 radical (unpaired) electrons. The van der Waals surface area contributed by atoms with E-state index in [0.29, 0.717) is 10.8 Å². The Labute approximate surface area is 169 Å². The van der Waals surface area contributed by atoms with E-state index in [4.69, 9.17) is 16.3 Å². The molecule has 144 valence electrons. The highest BCUT2D eigenvalue weighted by atomic mass is 35.5. The lowest BCUT2D eigenvalue weighted by Crippen LogP contribution is -2.42. The second-order valence-corrected chi connectivity index (χ2v) is 7.40. The number of nitrogens with zero attached hydrogens (tertiary/aromatic N) is 1. The summed E-state index contributed by atoms with van der Waals surface area (Å²) in [6.07, 6.45) is 1.22. The van der Waals surface area contributed by atoms with Gasteiger partial charge >= 0.3 is 0 Å². The minimum atomic E-state index is -0.721. The van der Waals surface area contributed by atoms with Gasteiger partial charge in [-0.1, -0.05) is 23.7 Å². The molecule has 2 rings (SSSR count). The monoisotopic (exact) mass is 406 g/mol. The predicted molar refractivity (Wildman–Crippen MR) is 111 cm³/mol. The van der Waals surface area contributed by atoms with E-state index >= 15 is 0 Å². The standard InChI is InChI=1S/C20H23ClN2O3S/c1-13-11-15(21)9-10-17(13)26-14(2)20(25)23(3)12-19(24)22-16-7-5-6-8-18(16)27-4/h5-11,14H,12H2,1-4H3,(H,22,24). The van der Waals surface area contributed by atoms with Crippen LogP contribution in [0.15, 0.2) is 47.4 Å². The number of aryl methyl sites for hydroxylation is 1. The Kier molecular flexibility index (Phi) is 7.56. The maximum Gasteiger partial charge on any atom is 0.263 e. The number of ether oxygens (including phenoxy) is 1. The number of carbonyl (C=O) groups excluding carboxylic acids is 2. The Morgan fingerprint density at radius 1 is 1.26 bits per heavy atom. The number of nitrogens with one attached hydrogen (secondary N) is 1. The number of thioether (sulfide) groups is 1. The quantitative estimate of drug-likeness (QED) is 0.699. The van der Waals surface area contributed by atoms with Gasteiger partial charge in [0.25, 0.3) is 5.91 Å². The largest absolute Gasteiger partial charge is 0.481 e. The molecule has 1 atom stereocenters. The fraction of sp³-hybridized carbons (Fsp3) is 0.300. The van der Waals surface area contributed by atoms with Crippen molar-refractivity contribution in [2.75, 3.05) is 25.2 Å². The van der Waals surface area contributed by atoms with Crippen molar-refractivity contribution in [3.63, 3.8) is 0 Å². The molecule has 27 heavy (non-hydrogen) atoms. The molecule has 0 spiro atoms. The maximum atomic E-state index is 12.5. The Morgan fingerprint density at radius 2 is 1.96 bits per heavy atom. The van der Waals surface area contributed by atoms with Gasteiger partial charge in [0.1, 0.15) is 5.75 Å². The summed E-state index contributed by atoms with van der Waals surface area (Å²) in [5, 5.41) is 3.45. The van der Waals surface area contributed by atoms with E-state index in [1.165, 1.54) is 4.90 Å². The average Bonchev–Trinajstić information content (AvgIpc) is 2.63. The van der Waals surface area contributed by atoms with Crippen molar-refractivity contribution in [2.24, 2.45) is 0 Å². The fourth-order valence-corrected chi connectivity index (χ4v) is 3.31. The van der Waals surface area contributed by atoms with Crippen molar-refractivity contribution < 1.29 is 14.3 Å². The molecule has 0 fully saturated rings. The van der Waals surface area contributed by atoms with Crippen LogP contribution in [0, 0.1) is 6.92 Å².